The van der Waals surface area contributed by atoms with Crippen LogP contribution >= 0.6 is 0 Å². The largest absolute Gasteiger partial charge is 0.416 e. The Balaban J connectivity index is 1.02. The van der Waals surface area contributed by atoms with E-state index in [0.717, 1.165) is 73.2 Å². The van der Waals surface area contributed by atoms with E-state index in [2.05, 4.69) is 40.8 Å². The van der Waals surface area contributed by atoms with Gasteiger partial charge in [-0.15, -0.1) is 0 Å². The van der Waals surface area contributed by atoms with Crippen molar-refractivity contribution in [2.75, 3.05) is 59.7 Å². The molecular weight excluding hydrogens is 705 g/mol. The van der Waals surface area contributed by atoms with Crippen LogP contribution in [-0.4, -0.2) is 75.1 Å². The van der Waals surface area contributed by atoms with E-state index in [9.17, 15) is 22.0 Å². The summed E-state index contributed by atoms with van der Waals surface area (Å²) < 4.78 is 67.8. The molecule has 280 valence electrons. The second-order valence-corrected chi connectivity index (χ2v) is 14.1. The minimum Gasteiger partial charge on any atom is -0.371 e. The first-order chi connectivity index (χ1) is 25.9. The Kier molecular flexibility index (Phi) is 9.46. The fourth-order valence-corrected chi connectivity index (χ4v) is 7.09. The van der Waals surface area contributed by atoms with Crippen molar-refractivity contribution in [3.8, 4) is 11.4 Å². The standard InChI is InChI=1S/C38H38F5N11/c1-23-8-12-45-31(15-23)49-33-17-29(25-3-2-11-44-19-25)47-35(51-33)24-4-6-28(7-5-24)53-14-10-26(20-53)30-18-34(52-36(48-30)54-21-37(39,40)22-54)50-32-16-27(9-13-46-32)38(41,42)43/h4-9,12-13,15-18,25-26,44H,2-3,10-11,14,19-22H2,1H3,(H,45,47,49,51)(H,46,48,50,52). The van der Waals surface area contributed by atoms with Gasteiger partial charge in [-0.2, -0.15) is 18.2 Å². The minimum absolute atomic E-state index is 0.0674. The first kappa shape index (κ1) is 35.5. The lowest BCUT2D eigenvalue weighted by Crippen LogP contribution is -2.57. The van der Waals surface area contributed by atoms with Crippen molar-refractivity contribution >= 4 is 34.9 Å². The van der Waals surface area contributed by atoms with E-state index in [1.165, 1.54) is 4.90 Å². The van der Waals surface area contributed by atoms with Crippen LogP contribution in [0.4, 0.5) is 56.9 Å². The number of nitrogens with zero attached hydrogens (tertiary/aromatic N) is 8. The third kappa shape index (κ3) is 8.02. The second-order valence-electron chi connectivity index (χ2n) is 14.1. The Hall–Kier alpha value is -5.51. The number of pyridine rings is 2. The van der Waals surface area contributed by atoms with Crippen LogP contribution in [0.1, 0.15) is 53.6 Å². The smallest absolute Gasteiger partial charge is 0.371 e. The summed E-state index contributed by atoms with van der Waals surface area (Å²) in [5.74, 6) is -0.481. The Labute approximate surface area is 308 Å². The number of nitrogens with one attached hydrogen (secondary N) is 3. The molecule has 7 heterocycles. The molecule has 2 unspecified atom stereocenters. The van der Waals surface area contributed by atoms with Gasteiger partial charge in [0.2, 0.25) is 5.95 Å². The number of alkyl halides is 5. The monoisotopic (exact) mass is 743 g/mol. The Morgan fingerprint density at radius 3 is 2.15 bits per heavy atom. The van der Waals surface area contributed by atoms with Crippen LogP contribution in [0.25, 0.3) is 11.4 Å². The number of piperidine rings is 1. The number of hydrogen-bond acceptors (Lipinski definition) is 11. The first-order valence-electron chi connectivity index (χ1n) is 17.9. The topological polar surface area (TPSA) is 120 Å². The van der Waals surface area contributed by atoms with Crippen LogP contribution in [0.5, 0.6) is 0 Å². The van der Waals surface area contributed by atoms with Crippen LogP contribution in [0.3, 0.4) is 0 Å². The van der Waals surface area contributed by atoms with Gasteiger partial charge in [-0.3, -0.25) is 0 Å². The maximum atomic E-state index is 13.8. The zero-order valence-corrected chi connectivity index (χ0v) is 29.4. The van der Waals surface area contributed by atoms with Crippen LogP contribution in [0.2, 0.25) is 0 Å². The molecule has 0 radical (unpaired) electrons. The van der Waals surface area contributed by atoms with Crippen LogP contribution < -0.4 is 25.8 Å². The number of aryl methyl sites for hydroxylation is 1. The maximum Gasteiger partial charge on any atom is 0.416 e. The molecule has 1 aromatic carbocycles. The van der Waals surface area contributed by atoms with E-state index in [1.807, 2.05) is 49.4 Å². The molecule has 3 fully saturated rings. The van der Waals surface area contributed by atoms with Gasteiger partial charge in [-0.1, -0.05) is 0 Å². The van der Waals surface area contributed by atoms with E-state index in [0.29, 0.717) is 36.2 Å². The van der Waals surface area contributed by atoms with Crippen molar-refractivity contribution in [3.05, 3.63) is 95.6 Å². The van der Waals surface area contributed by atoms with Crippen molar-refractivity contribution in [1.82, 2.24) is 35.2 Å². The van der Waals surface area contributed by atoms with E-state index in [-0.39, 0.29) is 29.4 Å². The van der Waals surface area contributed by atoms with E-state index in [4.69, 9.17) is 9.97 Å². The molecule has 8 rings (SSSR count). The lowest BCUT2D eigenvalue weighted by atomic mass is 9.95. The van der Waals surface area contributed by atoms with Crippen molar-refractivity contribution in [2.24, 2.45) is 0 Å². The van der Waals surface area contributed by atoms with Crippen LogP contribution in [0.15, 0.2) is 73.1 Å². The molecule has 5 aromatic rings. The van der Waals surface area contributed by atoms with Crippen LogP contribution in [0, 0.1) is 6.92 Å². The summed E-state index contributed by atoms with van der Waals surface area (Å²) >= 11 is 0. The molecule has 0 bridgehead atoms. The predicted octanol–water partition coefficient (Wildman–Crippen LogP) is 7.45. The number of rotatable bonds is 9. The average Bonchev–Trinajstić information content (AvgIpc) is 3.65. The minimum atomic E-state index is -4.56. The van der Waals surface area contributed by atoms with Gasteiger partial charge >= 0.3 is 6.18 Å². The van der Waals surface area contributed by atoms with E-state index >= 15 is 0 Å². The molecule has 54 heavy (non-hydrogen) atoms. The molecule has 3 saturated heterocycles. The Morgan fingerprint density at radius 1 is 0.759 bits per heavy atom. The Bertz CT molecular complexity index is 2110. The maximum absolute atomic E-state index is 13.8. The lowest BCUT2D eigenvalue weighted by molar-refractivity contribution is -0.137. The summed E-state index contributed by atoms with van der Waals surface area (Å²) in [4.78, 5) is 31.0. The molecule has 0 amide bonds. The molecule has 2 atom stereocenters. The highest BCUT2D eigenvalue weighted by atomic mass is 19.4. The van der Waals surface area contributed by atoms with Crippen LogP contribution in [-0.2, 0) is 6.18 Å². The number of aromatic nitrogens is 6. The summed E-state index contributed by atoms with van der Waals surface area (Å²) in [6, 6.07) is 17.4. The highest BCUT2D eigenvalue weighted by Crippen LogP contribution is 2.37. The third-order valence-corrected chi connectivity index (χ3v) is 9.93. The molecule has 3 aliphatic rings. The summed E-state index contributed by atoms with van der Waals surface area (Å²) in [7, 11) is 0. The quantitative estimate of drug-likeness (QED) is 0.131. The summed E-state index contributed by atoms with van der Waals surface area (Å²) in [6.45, 7) is 4.09. The van der Waals surface area contributed by atoms with Gasteiger partial charge in [0, 0.05) is 67.2 Å². The second kappa shape index (κ2) is 14.4. The highest BCUT2D eigenvalue weighted by molar-refractivity contribution is 5.64. The molecular formula is C38H38F5N11. The van der Waals surface area contributed by atoms with Gasteiger partial charge in [0.05, 0.1) is 30.0 Å². The normalized spacial score (nSPS) is 19.7. The molecule has 0 aliphatic carbocycles. The van der Waals surface area contributed by atoms with Gasteiger partial charge < -0.3 is 25.8 Å². The number of hydrogen-bond donors (Lipinski definition) is 3. The predicted molar refractivity (Wildman–Crippen MR) is 196 cm³/mol. The fraction of sp³-hybridized carbons (Fsp3) is 0.368. The van der Waals surface area contributed by atoms with Crippen molar-refractivity contribution < 1.29 is 22.0 Å². The van der Waals surface area contributed by atoms with Crippen molar-refractivity contribution in [2.45, 2.75) is 50.1 Å². The zero-order valence-electron chi connectivity index (χ0n) is 29.4. The molecule has 16 heteroatoms. The highest BCUT2D eigenvalue weighted by Gasteiger charge is 2.45. The molecule has 0 saturated carbocycles. The molecule has 3 aliphatic heterocycles. The van der Waals surface area contributed by atoms with E-state index in [1.54, 1.807) is 12.3 Å². The van der Waals surface area contributed by atoms with Gasteiger partial charge in [0.1, 0.15) is 23.3 Å². The summed E-state index contributed by atoms with van der Waals surface area (Å²) in [6.07, 6.45) is 1.10. The SMILES string of the molecule is Cc1ccnc(Nc2cc(C3CCCNC3)nc(-c3ccc(N4CCC(c5cc(Nc6cc(C(F)(F)F)ccn6)nc(N6CC(F)(F)C6)n5)C4)cc3)n2)c1. The zero-order chi connectivity index (χ0) is 37.5. The van der Waals surface area contributed by atoms with E-state index < -0.39 is 30.8 Å². The third-order valence-electron chi connectivity index (χ3n) is 9.93. The lowest BCUT2D eigenvalue weighted by Gasteiger charge is -2.38. The number of halogens is 5. The van der Waals surface area contributed by atoms with Gasteiger partial charge in [-0.25, -0.2) is 33.7 Å². The van der Waals surface area contributed by atoms with Crippen molar-refractivity contribution in [1.29, 1.82) is 0 Å². The number of anilines is 6. The molecule has 11 nitrogen and oxygen atoms in total. The first-order valence-corrected chi connectivity index (χ1v) is 17.9. The number of benzene rings is 1. The fourth-order valence-electron chi connectivity index (χ4n) is 7.09. The Morgan fingerprint density at radius 2 is 1.46 bits per heavy atom. The van der Waals surface area contributed by atoms with Crippen molar-refractivity contribution in [3.63, 3.8) is 0 Å². The molecule has 0 spiro atoms. The van der Waals surface area contributed by atoms with Gasteiger partial charge in [0.25, 0.3) is 5.92 Å². The molecule has 3 N–H and O–H groups in total. The van der Waals surface area contributed by atoms with Gasteiger partial charge in [-0.05, 0) is 86.8 Å². The average molecular weight is 744 g/mol. The van der Waals surface area contributed by atoms with Gasteiger partial charge in [0.15, 0.2) is 5.82 Å². The summed E-state index contributed by atoms with van der Waals surface area (Å²) in [5, 5.41) is 9.68. The summed E-state index contributed by atoms with van der Waals surface area (Å²) in [5.41, 5.74) is 3.65. The molecule has 4 aromatic heterocycles.